The third-order valence-corrected chi connectivity index (χ3v) is 18.8. The molecule has 0 radical (unpaired) electrons. The zero-order valence-electron chi connectivity index (χ0n) is 8.39. The monoisotopic (exact) mass is 278 g/mol. The summed E-state index contributed by atoms with van der Waals surface area (Å²) in [6.07, 6.45) is 0. The predicted octanol–water partition coefficient (Wildman–Crippen LogP) is 2.41. The zero-order valence-corrected chi connectivity index (χ0v) is 12.2. The van der Waals surface area contributed by atoms with Crippen LogP contribution in [0.3, 0.4) is 0 Å². The Balaban J connectivity index is 4.90. The van der Waals surface area contributed by atoms with Gasteiger partial charge in [-0.2, -0.15) is 0 Å². The van der Waals surface area contributed by atoms with Gasteiger partial charge >= 0.3 is 74.6 Å². The molecule has 0 aromatic carbocycles. The first-order valence-corrected chi connectivity index (χ1v) is 17.4. The van der Waals surface area contributed by atoms with Crippen molar-refractivity contribution in [3.8, 4) is 0 Å². The SMILES string of the molecule is C[Si](C)(C)[C](=[N+]=[N-])[Sn]([CH3])([CH3])[CH3]. The molecule has 0 unspecified atom stereocenters. The molecule has 64 valence electrons. The van der Waals surface area contributed by atoms with E-state index in [0.717, 1.165) is 0 Å². The fourth-order valence-corrected chi connectivity index (χ4v) is 24.1. The normalized spacial score (nSPS) is 12.5. The summed E-state index contributed by atoms with van der Waals surface area (Å²) < 4.78 is 1.19. The van der Waals surface area contributed by atoms with Crippen molar-refractivity contribution in [1.29, 1.82) is 0 Å². The van der Waals surface area contributed by atoms with Crippen LogP contribution in [0.4, 0.5) is 0 Å². The molecule has 2 nitrogen and oxygen atoms in total. The molecule has 0 rings (SSSR count). The third kappa shape index (κ3) is 3.54. The van der Waals surface area contributed by atoms with Gasteiger partial charge in [0, 0.05) is 0 Å². The summed E-state index contributed by atoms with van der Waals surface area (Å²) in [5, 5.41) is 0. The quantitative estimate of drug-likeness (QED) is 0.322. The first kappa shape index (κ1) is 11.4. The molecule has 0 aliphatic rings. The van der Waals surface area contributed by atoms with E-state index in [1.165, 1.54) is 3.35 Å². The van der Waals surface area contributed by atoms with Gasteiger partial charge in [-0.05, 0) is 0 Å². The minimum absolute atomic E-state index is 1.19. The van der Waals surface area contributed by atoms with E-state index in [-0.39, 0.29) is 0 Å². The van der Waals surface area contributed by atoms with E-state index >= 15 is 0 Å². The van der Waals surface area contributed by atoms with Gasteiger partial charge < -0.3 is 0 Å². The Morgan fingerprint density at radius 1 is 1.18 bits per heavy atom. The van der Waals surface area contributed by atoms with Crippen molar-refractivity contribution in [2.45, 2.75) is 34.5 Å². The molecule has 0 atom stereocenters. The second kappa shape index (κ2) is 3.41. The van der Waals surface area contributed by atoms with E-state index in [9.17, 15) is 0 Å². The zero-order chi connectivity index (χ0) is 9.28. The van der Waals surface area contributed by atoms with Crippen LogP contribution in [0.1, 0.15) is 0 Å². The maximum atomic E-state index is 8.87. The van der Waals surface area contributed by atoms with Crippen LogP contribution in [0.5, 0.6) is 0 Å². The standard InChI is InChI=1S/C4H9N2Si.3CH3.Sn/c1-7(2,3)4-6-5;;;;/h1-3H3;3*1H3;. The van der Waals surface area contributed by atoms with Gasteiger partial charge in [0.15, 0.2) is 0 Å². The molecule has 0 amide bonds. The van der Waals surface area contributed by atoms with Crippen molar-refractivity contribution in [1.82, 2.24) is 0 Å². The summed E-state index contributed by atoms with van der Waals surface area (Å²) in [6.45, 7) is 6.72. The summed E-state index contributed by atoms with van der Waals surface area (Å²) in [5.41, 5.74) is 8.87. The van der Waals surface area contributed by atoms with Crippen molar-refractivity contribution in [3.63, 3.8) is 0 Å². The van der Waals surface area contributed by atoms with E-state index in [4.69, 9.17) is 5.53 Å². The molecule has 0 N–H and O–H groups in total. The molecule has 0 bridgehead atoms. The van der Waals surface area contributed by atoms with Gasteiger partial charge in [-0.3, -0.25) is 0 Å². The Morgan fingerprint density at radius 3 is 1.55 bits per heavy atom. The fourth-order valence-electron chi connectivity index (χ4n) is 1.43. The van der Waals surface area contributed by atoms with Gasteiger partial charge in [0.25, 0.3) is 0 Å². The summed E-state index contributed by atoms with van der Waals surface area (Å²) >= 11 is -2.06. The van der Waals surface area contributed by atoms with Crippen LogP contribution < -0.4 is 0 Å². The molecular formula is C7H18N2SiSn. The molecule has 4 heteroatoms. The van der Waals surface area contributed by atoms with Gasteiger partial charge in [-0.1, -0.05) is 0 Å². The maximum absolute atomic E-state index is 8.87. The van der Waals surface area contributed by atoms with Crippen LogP contribution in [-0.2, 0) is 0 Å². The number of rotatable bonds is 2. The summed E-state index contributed by atoms with van der Waals surface area (Å²) in [7, 11) is -1.33. The fraction of sp³-hybridized carbons (Fsp3) is 0.857. The third-order valence-electron chi connectivity index (χ3n) is 1.52. The van der Waals surface area contributed by atoms with Gasteiger partial charge in [-0.15, -0.1) is 0 Å². The Bertz CT molecular complexity index is 177. The Morgan fingerprint density at radius 2 is 1.55 bits per heavy atom. The van der Waals surface area contributed by atoms with Gasteiger partial charge in [0.05, 0.1) is 0 Å². The first-order valence-electron chi connectivity index (χ1n) is 3.92. The second-order valence-electron chi connectivity index (χ2n) is 4.95. The summed E-state index contributed by atoms with van der Waals surface area (Å²) in [6, 6.07) is 0. The molecule has 0 aromatic rings. The van der Waals surface area contributed by atoms with Gasteiger partial charge in [0.1, 0.15) is 0 Å². The molecule has 0 aromatic heterocycles. The van der Waals surface area contributed by atoms with Crippen LogP contribution in [0.2, 0.25) is 34.5 Å². The molecule has 0 heterocycles. The van der Waals surface area contributed by atoms with Crippen molar-refractivity contribution < 1.29 is 4.79 Å². The predicted molar refractivity (Wildman–Crippen MR) is 55.3 cm³/mol. The van der Waals surface area contributed by atoms with E-state index in [1.54, 1.807) is 0 Å². The van der Waals surface area contributed by atoms with E-state index < -0.39 is 26.5 Å². The van der Waals surface area contributed by atoms with E-state index in [0.29, 0.717) is 0 Å². The molecule has 0 spiro atoms. The number of hydrogen-bond acceptors (Lipinski definition) is 0. The van der Waals surface area contributed by atoms with Gasteiger partial charge in [0.2, 0.25) is 0 Å². The Hall–Kier alpha value is 0.396. The van der Waals surface area contributed by atoms with Crippen molar-refractivity contribution in [2.75, 3.05) is 0 Å². The molecule has 11 heavy (non-hydrogen) atoms. The van der Waals surface area contributed by atoms with Crippen LogP contribution in [0.15, 0.2) is 0 Å². The van der Waals surface area contributed by atoms with Crippen molar-refractivity contribution in [3.05, 3.63) is 5.53 Å². The van der Waals surface area contributed by atoms with Crippen LogP contribution in [0, 0.1) is 0 Å². The summed E-state index contributed by atoms with van der Waals surface area (Å²) in [4.78, 5) is 10.4. The first-order chi connectivity index (χ1) is 4.69. The minimum atomic E-state index is -2.06. The molecule has 0 saturated heterocycles. The Labute approximate surface area is 74.5 Å². The van der Waals surface area contributed by atoms with Gasteiger partial charge in [-0.25, -0.2) is 0 Å². The topological polar surface area (TPSA) is 36.4 Å². The van der Waals surface area contributed by atoms with Crippen LogP contribution in [-0.4, -0.2) is 34.6 Å². The van der Waals surface area contributed by atoms with Crippen LogP contribution in [0.25, 0.3) is 5.53 Å². The Kier molecular flexibility index (Phi) is 3.54. The molecule has 0 aliphatic carbocycles. The average Bonchev–Trinajstić information content (AvgIpc) is 1.56. The molecule has 0 saturated carbocycles. The van der Waals surface area contributed by atoms with Crippen molar-refractivity contribution >= 4 is 29.8 Å². The number of hydrogen-bond donors (Lipinski definition) is 0. The van der Waals surface area contributed by atoms with Crippen molar-refractivity contribution in [2.24, 2.45) is 0 Å². The number of nitrogens with zero attached hydrogens (tertiary/aromatic N) is 2. The molecular weight excluding hydrogens is 259 g/mol. The van der Waals surface area contributed by atoms with E-state index in [2.05, 4.69) is 39.2 Å². The average molecular weight is 277 g/mol. The summed E-state index contributed by atoms with van der Waals surface area (Å²) in [5.74, 6) is 0. The molecule has 0 fully saturated rings. The molecule has 0 aliphatic heterocycles. The second-order valence-corrected chi connectivity index (χ2v) is 25.5. The van der Waals surface area contributed by atoms with E-state index in [1.807, 2.05) is 0 Å². The van der Waals surface area contributed by atoms with Crippen LogP contribution >= 0.6 is 0 Å².